The first-order valence-corrected chi connectivity index (χ1v) is 6.66. The first kappa shape index (κ1) is 10.8. The van der Waals surface area contributed by atoms with Crippen molar-refractivity contribution >= 4 is 13.3 Å². The Bertz CT molecular complexity index is 381. The van der Waals surface area contributed by atoms with E-state index in [4.69, 9.17) is 0 Å². The van der Waals surface area contributed by atoms with E-state index in [1.165, 1.54) is 31.2 Å². The average molecular weight is 223 g/mol. The normalized spacial score (nSPS) is 18.1. The Morgan fingerprint density at radius 1 is 1.33 bits per heavy atom. The van der Waals surface area contributed by atoms with Gasteiger partial charge in [0.1, 0.15) is 0 Å². The van der Waals surface area contributed by atoms with E-state index >= 15 is 0 Å². The van der Waals surface area contributed by atoms with Crippen molar-refractivity contribution in [2.75, 3.05) is 0 Å². The topological polar surface area (TPSA) is 37.3 Å². The van der Waals surface area contributed by atoms with E-state index in [9.17, 15) is 9.46 Å². The summed E-state index contributed by atoms with van der Waals surface area (Å²) in [7, 11) is -2.19. The number of hydrogen-bond donors (Lipinski definition) is 1. The molecular weight excluding hydrogens is 207 g/mol. The zero-order valence-corrected chi connectivity index (χ0v) is 9.83. The third-order valence-corrected chi connectivity index (χ3v) is 4.00. The smallest absolute Gasteiger partial charge is 0.156 e. The molecule has 1 unspecified atom stereocenters. The van der Waals surface area contributed by atoms with Crippen molar-refractivity contribution in [3.63, 3.8) is 0 Å². The second kappa shape index (κ2) is 4.42. The SMILES string of the molecule is Cc1ccc([P+](=O)O)c(C2CCCC2)c1. The van der Waals surface area contributed by atoms with Crippen LogP contribution in [0.25, 0.3) is 0 Å². The molecule has 0 heterocycles. The first-order chi connectivity index (χ1) is 7.18. The molecule has 15 heavy (non-hydrogen) atoms. The maximum atomic E-state index is 11.2. The third-order valence-electron chi connectivity index (χ3n) is 3.18. The first-order valence-electron chi connectivity index (χ1n) is 5.45. The monoisotopic (exact) mass is 223 g/mol. The quantitative estimate of drug-likeness (QED) is 0.782. The Kier molecular flexibility index (Phi) is 3.18. The predicted molar refractivity (Wildman–Crippen MR) is 61.8 cm³/mol. The van der Waals surface area contributed by atoms with Crippen LogP contribution in [-0.4, -0.2) is 4.89 Å². The molecular formula is C12H16O2P+. The highest BCUT2D eigenvalue weighted by Crippen LogP contribution is 2.35. The van der Waals surface area contributed by atoms with Crippen LogP contribution in [0.3, 0.4) is 0 Å². The molecule has 80 valence electrons. The summed E-state index contributed by atoms with van der Waals surface area (Å²) in [6, 6.07) is 5.80. The summed E-state index contributed by atoms with van der Waals surface area (Å²) in [6.07, 6.45) is 4.83. The Morgan fingerprint density at radius 2 is 2.00 bits per heavy atom. The highest BCUT2D eigenvalue weighted by atomic mass is 31.1. The van der Waals surface area contributed by atoms with E-state index in [-0.39, 0.29) is 0 Å². The Morgan fingerprint density at radius 3 is 2.60 bits per heavy atom. The molecule has 1 aromatic carbocycles. The molecule has 0 amide bonds. The maximum Gasteiger partial charge on any atom is 0.546 e. The summed E-state index contributed by atoms with van der Waals surface area (Å²) in [6.45, 7) is 2.03. The molecule has 0 radical (unpaired) electrons. The molecule has 0 aliphatic heterocycles. The van der Waals surface area contributed by atoms with Crippen LogP contribution in [0.2, 0.25) is 0 Å². The molecule has 1 fully saturated rings. The van der Waals surface area contributed by atoms with E-state index in [1.54, 1.807) is 0 Å². The molecule has 1 N–H and O–H groups in total. The maximum absolute atomic E-state index is 11.2. The molecule has 0 saturated heterocycles. The molecule has 1 aliphatic rings. The second-order valence-corrected chi connectivity index (χ2v) is 5.34. The number of rotatable bonds is 2. The molecule has 2 nitrogen and oxygen atoms in total. The number of hydrogen-bond acceptors (Lipinski definition) is 1. The van der Waals surface area contributed by atoms with Crippen molar-refractivity contribution in [1.82, 2.24) is 0 Å². The summed E-state index contributed by atoms with van der Waals surface area (Å²) >= 11 is 0. The fourth-order valence-electron chi connectivity index (χ4n) is 2.41. The summed E-state index contributed by atoms with van der Waals surface area (Å²) in [5.74, 6) is 0.506. The highest BCUT2D eigenvalue weighted by molar-refractivity contribution is 7.47. The number of benzene rings is 1. The molecule has 1 aromatic rings. The largest absolute Gasteiger partial charge is 0.546 e. The zero-order valence-electron chi connectivity index (χ0n) is 8.94. The van der Waals surface area contributed by atoms with Crippen LogP contribution in [0.5, 0.6) is 0 Å². The van der Waals surface area contributed by atoms with Crippen LogP contribution < -0.4 is 5.30 Å². The van der Waals surface area contributed by atoms with Gasteiger partial charge in [0.15, 0.2) is 0 Å². The molecule has 1 saturated carbocycles. The minimum absolute atomic E-state index is 0.506. The molecule has 1 aliphatic carbocycles. The fourth-order valence-corrected chi connectivity index (χ4v) is 3.08. The summed E-state index contributed by atoms with van der Waals surface area (Å²) in [5, 5.41) is 0.641. The third kappa shape index (κ3) is 2.27. The van der Waals surface area contributed by atoms with E-state index in [1.807, 2.05) is 19.1 Å². The van der Waals surface area contributed by atoms with Gasteiger partial charge in [-0.2, -0.15) is 4.89 Å². The van der Waals surface area contributed by atoms with Crippen molar-refractivity contribution in [3.8, 4) is 0 Å². The van der Waals surface area contributed by atoms with Gasteiger partial charge < -0.3 is 0 Å². The standard InChI is InChI=1S/C12H15O2P/c1-9-6-7-12(15(13)14)11(8-9)10-4-2-3-5-10/h6-8,10H,2-5H2,1H3/p+1. The minimum atomic E-state index is -2.19. The van der Waals surface area contributed by atoms with Gasteiger partial charge >= 0.3 is 8.03 Å². The molecule has 0 spiro atoms. The van der Waals surface area contributed by atoms with Gasteiger partial charge in [-0.25, -0.2) is 0 Å². The van der Waals surface area contributed by atoms with Gasteiger partial charge in [-0.1, -0.05) is 30.5 Å². The van der Waals surface area contributed by atoms with Crippen molar-refractivity contribution < 1.29 is 9.46 Å². The molecule has 3 heteroatoms. The zero-order chi connectivity index (χ0) is 10.8. The average Bonchev–Trinajstić information content (AvgIpc) is 2.69. The Labute approximate surface area is 91.2 Å². The van der Waals surface area contributed by atoms with E-state index in [0.717, 1.165) is 5.56 Å². The Balaban J connectivity index is 2.41. The van der Waals surface area contributed by atoms with Crippen molar-refractivity contribution in [2.45, 2.75) is 38.5 Å². The molecule has 0 bridgehead atoms. The lowest BCUT2D eigenvalue weighted by molar-refractivity contribution is 0.512. The lowest BCUT2D eigenvalue weighted by Gasteiger charge is -2.09. The van der Waals surface area contributed by atoms with Crippen LogP contribution in [-0.2, 0) is 4.57 Å². The van der Waals surface area contributed by atoms with Gasteiger partial charge in [0, 0.05) is 5.56 Å². The van der Waals surface area contributed by atoms with E-state index < -0.39 is 8.03 Å². The van der Waals surface area contributed by atoms with E-state index in [2.05, 4.69) is 6.07 Å². The van der Waals surface area contributed by atoms with Gasteiger partial charge in [-0.3, -0.25) is 0 Å². The summed E-state index contributed by atoms with van der Waals surface area (Å²) in [5.41, 5.74) is 2.29. The lowest BCUT2D eigenvalue weighted by atomic mass is 9.96. The predicted octanol–water partition coefficient (Wildman–Crippen LogP) is 3.01. The van der Waals surface area contributed by atoms with Crippen LogP contribution in [0.4, 0.5) is 0 Å². The summed E-state index contributed by atoms with van der Waals surface area (Å²) in [4.78, 5) is 9.27. The summed E-state index contributed by atoms with van der Waals surface area (Å²) < 4.78 is 11.2. The molecule has 2 rings (SSSR count). The van der Waals surface area contributed by atoms with Crippen molar-refractivity contribution in [1.29, 1.82) is 0 Å². The van der Waals surface area contributed by atoms with Crippen LogP contribution in [0.1, 0.15) is 42.7 Å². The van der Waals surface area contributed by atoms with Crippen molar-refractivity contribution in [2.24, 2.45) is 0 Å². The van der Waals surface area contributed by atoms with Gasteiger partial charge in [0.25, 0.3) is 0 Å². The van der Waals surface area contributed by atoms with Crippen LogP contribution in [0, 0.1) is 6.92 Å². The van der Waals surface area contributed by atoms with Crippen LogP contribution >= 0.6 is 8.03 Å². The molecule has 0 aromatic heterocycles. The van der Waals surface area contributed by atoms with Crippen LogP contribution in [0.15, 0.2) is 18.2 Å². The van der Waals surface area contributed by atoms with Gasteiger partial charge in [-0.05, 0) is 36.3 Å². The van der Waals surface area contributed by atoms with Gasteiger partial charge in [0.05, 0.1) is 0 Å². The Hall–Kier alpha value is -0.720. The molecule has 1 atom stereocenters. The van der Waals surface area contributed by atoms with Gasteiger partial charge in [-0.15, -0.1) is 0 Å². The number of aryl methyl sites for hydroxylation is 1. The van der Waals surface area contributed by atoms with Gasteiger partial charge in [0.2, 0.25) is 5.30 Å². The second-order valence-electron chi connectivity index (χ2n) is 4.32. The minimum Gasteiger partial charge on any atom is -0.156 e. The van der Waals surface area contributed by atoms with Crippen molar-refractivity contribution in [3.05, 3.63) is 29.3 Å². The lowest BCUT2D eigenvalue weighted by Crippen LogP contribution is -2.09. The van der Waals surface area contributed by atoms with E-state index in [0.29, 0.717) is 11.2 Å². The highest BCUT2D eigenvalue weighted by Gasteiger charge is 2.28. The fraction of sp³-hybridized carbons (Fsp3) is 0.500.